The highest BCUT2D eigenvalue weighted by Crippen LogP contribution is 2.39. The van der Waals surface area contributed by atoms with Crippen LogP contribution in [0.25, 0.3) is 0 Å². The van der Waals surface area contributed by atoms with E-state index in [0.717, 1.165) is 11.0 Å². The van der Waals surface area contributed by atoms with Gasteiger partial charge < -0.3 is 24.1 Å². The van der Waals surface area contributed by atoms with Crippen LogP contribution in [0.5, 0.6) is 0 Å². The fourth-order valence-electron chi connectivity index (χ4n) is 1.32. The summed E-state index contributed by atoms with van der Waals surface area (Å²) in [6.45, 7) is 3.24. The monoisotopic (exact) mass is 670 g/mol. The second-order valence-corrected chi connectivity index (χ2v) is 16.3. The Labute approximate surface area is 189 Å². The standard InChI is InChI=1S/C5H8BBrN2O.C5H9BN2O2.CBr4/c1-6(10)9-3-5(2-7)8-4-9;1-6(10)8-2-5(3-9)7-4-8;2-1(3,4)5/h3-4,10H,2H2,1H3;2,4,9-10H,3H2,1H3;. The van der Waals surface area contributed by atoms with Crippen LogP contribution in [0.2, 0.25) is 13.6 Å². The van der Waals surface area contributed by atoms with Gasteiger partial charge in [-0.1, -0.05) is 15.9 Å². The second kappa shape index (κ2) is 13.1. The predicted octanol–water partition coefficient (Wildman–Crippen LogP) is 3.25. The van der Waals surface area contributed by atoms with Crippen molar-refractivity contribution < 1.29 is 15.2 Å². The zero-order valence-electron chi connectivity index (χ0n) is 13.4. The lowest BCUT2D eigenvalue weighted by Gasteiger charge is -1.96. The molecule has 0 atom stereocenters. The lowest BCUT2D eigenvalue weighted by Crippen LogP contribution is -2.17. The Morgan fingerprint density at radius 3 is 1.52 bits per heavy atom. The van der Waals surface area contributed by atoms with Crippen molar-refractivity contribution in [2.24, 2.45) is 0 Å². The van der Waals surface area contributed by atoms with Crippen molar-refractivity contribution in [1.82, 2.24) is 18.9 Å². The van der Waals surface area contributed by atoms with Crippen LogP contribution in [-0.2, 0) is 11.9 Å². The molecule has 2 aromatic heterocycles. The molecule has 7 nitrogen and oxygen atoms in total. The van der Waals surface area contributed by atoms with E-state index >= 15 is 0 Å². The van der Waals surface area contributed by atoms with E-state index in [2.05, 4.69) is 89.6 Å². The van der Waals surface area contributed by atoms with Crippen molar-refractivity contribution in [1.29, 1.82) is 0 Å². The Hall–Kier alpha value is 0.830. The summed E-state index contributed by atoms with van der Waals surface area (Å²) < 4.78 is 2.92. The highest BCUT2D eigenvalue weighted by atomic mass is 80.0. The van der Waals surface area contributed by atoms with Gasteiger partial charge in [0, 0.05) is 17.7 Å². The molecule has 0 bridgehead atoms. The Morgan fingerprint density at radius 2 is 1.32 bits per heavy atom. The molecular weight excluding hydrogens is 657 g/mol. The van der Waals surface area contributed by atoms with Crippen LogP contribution in [-0.4, -0.2) is 49.2 Å². The molecule has 0 saturated heterocycles. The van der Waals surface area contributed by atoms with E-state index in [1.807, 2.05) is 0 Å². The van der Waals surface area contributed by atoms with Gasteiger partial charge >= 0.3 is 14.1 Å². The van der Waals surface area contributed by atoms with Gasteiger partial charge in [-0.3, -0.25) is 0 Å². The van der Waals surface area contributed by atoms with E-state index in [9.17, 15) is 0 Å². The molecule has 0 unspecified atom stereocenters. The average Bonchev–Trinajstić information content (AvgIpc) is 3.15. The smallest absolute Gasteiger partial charge is 0.414 e. The number of imidazole rings is 2. The summed E-state index contributed by atoms with van der Waals surface area (Å²) in [5.74, 6) is 0. The highest BCUT2D eigenvalue weighted by Gasteiger charge is 2.08. The Bertz CT molecular complexity index is 554. The van der Waals surface area contributed by atoms with Crippen molar-refractivity contribution in [3.05, 3.63) is 36.4 Å². The molecule has 0 aromatic carbocycles. The van der Waals surface area contributed by atoms with Crippen LogP contribution in [0.15, 0.2) is 25.0 Å². The molecule has 0 spiro atoms. The van der Waals surface area contributed by atoms with Gasteiger partial charge in [-0.2, -0.15) is 0 Å². The minimum absolute atomic E-state index is 0.0836. The fourth-order valence-corrected chi connectivity index (χ4v) is 1.61. The SMILES string of the molecule is BrC(Br)(Br)Br.CB(O)n1cnc(CBr)c1.CB(O)n1cnc(CO)c1. The topological polar surface area (TPSA) is 96.3 Å². The minimum atomic E-state index is -0.576. The van der Waals surface area contributed by atoms with Crippen LogP contribution in [0.1, 0.15) is 11.4 Å². The number of rotatable bonds is 4. The lowest BCUT2D eigenvalue weighted by atomic mass is 9.89. The van der Waals surface area contributed by atoms with Crippen LogP contribution in [0, 0.1) is 0 Å². The molecule has 2 heterocycles. The molecule has 0 aliphatic heterocycles. The Kier molecular flexibility index (Phi) is 13.5. The molecule has 0 fully saturated rings. The minimum Gasteiger partial charge on any atom is -0.432 e. The number of hydrogen-bond acceptors (Lipinski definition) is 5. The number of halogens is 5. The summed E-state index contributed by atoms with van der Waals surface area (Å²) in [7, 11) is -1.06. The van der Waals surface area contributed by atoms with E-state index in [4.69, 9.17) is 15.2 Å². The van der Waals surface area contributed by atoms with E-state index < -0.39 is 14.1 Å². The van der Waals surface area contributed by atoms with Gasteiger partial charge in [-0.25, -0.2) is 9.97 Å². The number of hydrogen-bond donors (Lipinski definition) is 3. The molecule has 0 saturated carbocycles. The molecule has 0 aliphatic rings. The number of aromatic nitrogens is 4. The summed E-state index contributed by atoms with van der Waals surface area (Å²) in [4.78, 5) is 7.82. The van der Waals surface area contributed by atoms with Gasteiger partial charge in [-0.15, -0.1) is 0 Å². The molecule has 0 amide bonds. The number of aliphatic hydroxyl groups is 1. The quantitative estimate of drug-likeness (QED) is 0.342. The maximum absolute atomic E-state index is 9.04. The summed E-state index contributed by atoms with van der Waals surface area (Å²) in [6.07, 6.45) is 6.50. The normalized spacial score (nSPS) is 10.3. The van der Waals surface area contributed by atoms with E-state index in [1.165, 1.54) is 10.8 Å². The van der Waals surface area contributed by atoms with Crippen LogP contribution in [0.3, 0.4) is 0 Å². The summed E-state index contributed by atoms with van der Waals surface area (Å²) in [5.41, 5.74) is 1.50. The zero-order chi connectivity index (χ0) is 19.6. The molecule has 3 N–H and O–H groups in total. The Balaban J connectivity index is 0.000000368. The van der Waals surface area contributed by atoms with Crippen molar-refractivity contribution in [2.45, 2.75) is 26.6 Å². The zero-order valence-corrected chi connectivity index (χ0v) is 21.3. The van der Waals surface area contributed by atoms with E-state index in [0.29, 0.717) is 5.69 Å². The van der Waals surface area contributed by atoms with Crippen molar-refractivity contribution >= 4 is 93.8 Å². The first-order valence-electron chi connectivity index (χ1n) is 6.81. The fraction of sp³-hybridized carbons (Fsp3) is 0.455. The van der Waals surface area contributed by atoms with Gasteiger partial charge in [0.15, 0.2) is 1.05 Å². The molecule has 140 valence electrons. The predicted molar refractivity (Wildman–Crippen MR) is 120 cm³/mol. The summed E-state index contributed by atoms with van der Waals surface area (Å²) in [5, 5.41) is 27.3. The van der Waals surface area contributed by atoms with Crippen molar-refractivity contribution in [3.8, 4) is 0 Å². The number of alkyl halides is 5. The van der Waals surface area contributed by atoms with Crippen LogP contribution < -0.4 is 0 Å². The molecule has 25 heavy (non-hydrogen) atoms. The van der Waals surface area contributed by atoms with Gasteiger partial charge in [0.25, 0.3) is 0 Å². The Morgan fingerprint density at radius 1 is 0.960 bits per heavy atom. The molecular formula is C11H17B2Br5N4O3. The van der Waals surface area contributed by atoms with E-state index in [1.54, 1.807) is 36.8 Å². The second-order valence-electron chi connectivity index (χ2n) is 4.61. The van der Waals surface area contributed by atoms with Crippen LogP contribution >= 0.6 is 79.6 Å². The molecule has 2 rings (SSSR count). The summed E-state index contributed by atoms with van der Waals surface area (Å²) in [6, 6.07) is 0. The molecule has 14 heteroatoms. The summed E-state index contributed by atoms with van der Waals surface area (Å²) >= 11 is 15.8. The third-order valence-electron chi connectivity index (χ3n) is 2.47. The van der Waals surface area contributed by atoms with Gasteiger partial charge in [-0.05, 0) is 77.4 Å². The highest BCUT2D eigenvalue weighted by molar-refractivity contribution is 9.52. The van der Waals surface area contributed by atoms with Gasteiger partial charge in [0.2, 0.25) is 0 Å². The lowest BCUT2D eigenvalue weighted by molar-refractivity contribution is 0.277. The third-order valence-corrected chi connectivity index (χ3v) is 3.05. The van der Waals surface area contributed by atoms with E-state index in [-0.39, 0.29) is 7.66 Å². The van der Waals surface area contributed by atoms with Crippen molar-refractivity contribution in [2.75, 3.05) is 0 Å². The molecule has 2 aromatic rings. The average molecular weight is 674 g/mol. The van der Waals surface area contributed by atoms with Gasteiger partial charge in [0.05, 0.1) is 30.6 Å². The first-order valence-corrected chi connectivity index (χ1v) is 11.1. The van der Waals surface area contributed by atoms with Crippen molar-refractivity contribution in [3.63, 3.8) is 0 Å². The van der Waals surface area contributed by atoms with Gasteiger partial charge in [0.1, 0.15) is 0 Å². The van der Waals surface area contributed by atoms with Crippen LogP contribution in [0.4, 0.5) is 0 Å². The molecule has 0 radical (unpaired) electrons. The third kappa shape index (κ3) is 13.6. The number of nitrogens with zero attached hydrogens (tertiary/aromatic N) is 4. The molecule has 0 aliphatic carbocycles. The first kappa shape index (κ1) is 25.8. The largest absolute Gasteiger partial charge is 0.432 e. The maximum atomic E-state index is 9.04. The number of aliphatic hydroxyl groups excluding tert-OH is 1. The maximum Gasteiger partial charge on any atom is 0.414 e. The first-order chi connectivity index (χ1) is 11.5.